The van der Waals surface area contributed by atoms with Gasteiger partial charge in [-0.2, -0.15) is 0 Å². The van der Waals surface area contributed by atoms with Crippen molar-refractivity contribution in [2.24, 2.45) is 5.92 Å². The van der Waals surface area contributed by atoms with Gasteiger partial charge in [0, 0.05) is 0 Å². The number of rotatable bonds is 3. The minimum Gasteiger partial charge on any atom is -0.375 e. The molecule has 1 N–H and O–H groups in total. The van der Waals surface area contributed by atoms with E-state index in [1.54, 1.807) is 0 Å². The highest BCUT2D eigenvalue weighted by Crippen LogP contribution is 2.25. The molecule has 1 aromatic rings. The average molecular weight is 243 g/mol. The monoisotopic (exact) mass is 243 g/mol. The first-order valence-electron chi connectivity index (χ1n) is 6.97. The molecule has 1 heterocycles. The van der Waals surface area contributed by atoms with Crippen LogP contribution in [-0.4, -0.2) is 13.2 Å². The summed E-state index contributed by atoms with van der Waals surface area (Å²) in [5, 5.41) is 3.69. The first-order valence-corrected chi connectivity index (χ1v) is 6.97. The van der Waals surface area contributed by atoms with E-state index in [1.807, 2.05) is 0 Å². The lowest BCUT2D eigenvalue weighted by atomic mass is 9.93. The molecule has 2 atom stereocenters. The quantitative estimate of drug-likeness (QED) is 0.823. The van der Waals surface area contributed by atoms with Crippen molar-refractivity contribution in [3.63, 3.8) is 0 Å². The molecular weight excluding hydrogens is 222 g/mol. The average Bonchev–Trinajstić information content (AvgIpc) is 2.46. The Kier molecular flexibility index (Phi) is 3.77. The van der Waals surface area contributed by atoms with Crippen LogP contribution in [0, 0.1) is 5.92 Å². The van der Waals surface area contributed by atoms with Crippen LogP contribution >= 0.6 is 0 Å². The Morgan fingerprint density at radius 3 is 3.06 bits per heavy atom. The number of nitrogens with one attached hydrogen (secondary N) is 1. The van der Waals surface area contributed by atoms with Crippen molar-refractivity contribution in [1.29, 1.82) is 0 Å². The summed E-state index contributed by atoms with van der Waals surface area (Å²) in [7, 11) is 0. The molecule has 0 fully saturated rings. The van der Waals surface area contributed by atoms with Crippen LogP contribution in [0.4, 0.5) is 0 Å². The molecule has 0 amide bonds. The maximum Gasteiger partial charge on any atom is 0.0721 e. The van der Waals surface area contributed by atoms with E-state index in [0.717, 1.165) is 25.7 Å². The highest BCUT2D eigenvalue weighted by atomic mass is 16.5. The largest absolute Gasteiger partial charge is 0.375 e. The van der Waals surface area contributed by atoms with Crippen LogP contribution in [0.25, 0.3) is 0 Å². The van der Waals surface area contributed by atoms with Crippen LogP contribution in [0.15, 0.2) is 36.4 Å². The Morgan fingerprint density at radius 2 is 2.17 bits per heavy atom. The van der Waals surface area contributed by atoms with Crippen LogP contribution < -0.4 is 5.32 Å². The number of hydrogen-bond donors (Lipinski definition) is 1. The Bertz CT molecular complexity index is 427. The van der Waals surface area contributed by atoms with Crippen LogP contribution in [0.5, 0.6) is 0 Å². The van der Waals surface area contributed by atoms with Gasteiger partial charge in [-0.1, -0.05) is 36.4 Å². The second kappa shape index (κ2) is 5.68. The summed E-state index contributed by atoms with van der Waals surface area (Å²) >= 11 is 0. The minimum absolute atomic E-state index is 0.376. The molecule has 0 saturated heterocycles. The van der Waals surface area contributed by atoms with Gasteiger partial charge in [-0.3, -0.25) is 0 Å². The molecule has 0 spiro atoms. The Morgan fingerprint density at radius 1 is 1.22 bits per heavy atom. The first-order chi connectivity index (χ1) is 8.93. The summed E-state index contributed by atoms with van der Waals surface area (Å²) in [5.74, 6) is 0.795. The van der Waals surface area contributed by atoms with E-state index >= 15 is 0 Å². The number of allylic oxidation sites excluding steroid dienone is 2. The van der Waals surface area contributed by atoms with E-state index in [9.17, 15) is 0 Å². The van der Waals surface area contributed by atoms with Gasteiger partial charge in [-0.25, -0.2) is 0 Å². The molecule has 0 aromatic heterocycles. The third kappa shape index (κ3) is 2.65. The standard InChI is InChI=1S/C16H21NO/c1-2-6-13(7-3-1)10-17-16-12-18-11-14-8-4-5-9-15(14)16/h1-2,4-5,8-9,13,16-17H,3,6-7,10-12H2. The number of fused-ring (bicyclic) bond motifs is 1. The lowest BCUT2D eigenvalue weighted by Crippen LogP contribution is -2.33. The lowest BCUT2D eigenvalue weighted by Gasteiger charge is -2.28. The summed E-state index contributed by atoms with van der Waals surface area (Å²) in [6.07, 6.45) is 8.40. The van der Waals surface area contributed by atoms with Crippen molar-refractivity contribution in [3.05, 3.63) is 47.5 Å². The van der Waals surface area contributed by atoms with Crippen molar-refractivity contribution < 1.29 is 4.74 Å². The highest BCUT2D eigenvalue weighted by Gasteiger charge is 2.21. The summed E-state index contributed by atoms with van der Waals surface area (Å²) in [5.41, 5.74) is 2.76. The van der Waals surface area contributed by atoms with Gasteiger partial charge in [0.05, 0.1) is 19.3 Å². The smallest absolute Gasteiger partial charge is 0.0721 e. The molecule has 0 bridgehead atoms. The van der Waals surface area contributed by atoms with Gasteiger partial charge in [0.1, 0.15) is 0 Å². The molecule has 2 aliphatic rings. The second-order valence-corrected chi connectivity index (χ2v) is 5.33. The topological polar surface area (TPSA) is 21.3 Å². The van der Waals surface area contributed by atoms with Crippen molar-refractivity contribution in [2.45, 2.75) is 31.9 Å². The normalized spacial score (nSPS) is 26.9. The third-order valence-corrected chi connectivity index (χ3v) is 4.00. The molecule has 18 heavy (non-hydrogen) atoms. The van der Waals surface area contributed by atoms with Crippen LogP contribution in [0.3, 0.4) is 0 Å². The van der Waals surface area contributed by atoms with Crippen molar-refractivity contribution in [3.8, 4) is 0 Å². The Labute approximate surface area is 109 Å². The Balaban J connectivity index is 1.62. The second-order valence-electron chi connectivity index (χ2n) is 5.33. The van der Waals surface area contributed by atoms with E-state index in [2.05, 4.69) is 41.7 Å². The summed E-state index contributed by atoms with van der Waals surface area (Å²) < 4.78 is 5.67. The van der Waals surface area contributed by atoms with E-state index < -0.39 is 0 Å². The van der Waals surface area contributed by atoms with Crippen molar-refractivity contribution >= 4 is 0 Å². The van der Waals surface area contributed by atoms with Gasteiger partial charge in [0.2, 0.25) is 0 Å². The zero-order valence-electron chi connectivity index (χ0n) is 10.8. The SMILES string of the molecule is C1=CCC(CNC2COCc3ccccc32)CC1. The van der Waals surface area contributed by atoms with Gasteiger partial charge in [0.25, 0.3) is 0 Å². The van der Waals surface area contributed by atoms with Gasteiger partial charge >= 0.3 is 0 Å². The summed E-state index contributed by atoms with van der Waals surface area (Å²) in [6, 6.07) is 9.00. The minimum atomic E-state index is 0.376. The number of hydrogen-bond acceptors (Lipinski definition) is 2. The maximum atomic E-state index is 5.67. The molecule has 2 nitrogen and oxygen atoms in total. The van der Waals surface area contributed by atoms with Crippen molar-refractivity contribution in [1.82, 2.24) is 5.32 Å². The molecule has 0 saturated carbocycles. The summed E-state index contributed by atoms with van der Waals surface area (Å²) in [4.78, 5) is 0. The van der Waals surface area contributed by atoms with E-state index in [0.29, 0.717) is 6.04 Å². The van der Waals surface area contributed by atoms with Crippen LogP contribution in [0.1, 0.15) is 36.4 Å². The molecule has 96 valence electrons. The molecule has 1 aliphatic heterocycles. The molecule has 3 rings (SSSR count). The highest BCUT2D eigenvalue weighted by molar-refractivity contribution is 5.31. The molecular formula is C16H21NO. The number of benzene rings is 1. The molecule has 1 aliphatic carbocycles. The zero-order valence-corrected chi connectivity index (χ0v) is 10.8. The van der Waals surface area contributed by atoms with Gasteiger partial charge < -0.3 is 10.1 Å². The summed E-state index contributed by atoms with van der Waals surface area (Å²) in [6.45, 7) is 2.67. The van der Waals surface area contributed by atoms with E-state index in [-0.39, 0.29) is 0 Å². The molecule has 1 aromatic carbocycles. The van der Waals surface area contributed by atoms with Gasteiger partial charge in [-0.05, 0) is 42.9 Å². The maximum absolute atomic E-state index is 5.67. The zero-order chi connectivity index (χ0) is 12.2. The molecule has 0 radical (unpaired) electrons. The van der Waals surface area contributed by atoms with Crippen molar-refractivity contribution in [2.75, 3.05) is 13.2 Å². The van der Waals surface area contributed by atoms with Crippen LogP contribution in [0.2, 0.25) is 0 Å². The van der Waals surface area contributed by atoms with Gasteiger partial charge in [-0.15, -0.1) is 0 Å². The fourth-order valence-corrected chi connectivity index (χ4v) is 2.90. The van der Waals surface area contributed by atoms with E-state index in [4.69, 9.17) is 4.74 Å². The number of ether oxygens (including phenoxy) is 1. The third-order valence-electron chi connectivity index (χ3n) is 4.00. The van der Waals surface area contributed by atoms with E-state index in [1.165, 1.54) is 30.4 Å². The fraction of sp³-hybridized carbons (Fsp3) is 0.500. The molecule has 2 heteroatoms. The van der Waals surface area contributed by atoms with Crippen LogP contribution in [-0.2, 0) is 11.3 Å². The lowest BCUT2D eigenvalue weighted by molar-refractivity contribution is 0.0807. The van der Waals surface area contributed by atoms with Gasteiger partial charge in [0.15, 0.2) is 0 Å². The molecule has 2 unspecified atom stereocenters. The Hall–Kier alpha value is -1.12. The first kappa shape index (κ1) is 11.9. The predicted molar refractivity (Wildman–Crippen MR) is 73.3 cm³/mol. The predicted octanol–water partition coefficient (Wildman–Crippen LogP) is 3.20. The fourth-order valence-electron chi connectivity index (χ4n) is 2.90.